The monoisotopic (exact) mass is 448 g/mol. The third kappa shape index (κ3) is 5.76. The Kier molecular flexibility index (Phi) is 6.89. The second-order valence-corrected chi connectivity index (χ2v) is 9.09. The number of methoxy groups -OCH3 is 1. The summed E-state index contributed by atoms with van der Waals surface area (Å²) in [6, 6.07) is 5.62. The van der Waals surface area contributed by atoms with Crippen molar-refractivity contribution in [1.82, 2.24) is 19.7 Å². The number of rotatable bonds is 4. The topological polar surface area (TPSA) is 86.5 Å². The molecule has 0 radical (unpaired) electrons. The van der Waals surface area contributed by atoms with E-state index in [4.69, 9.17) is 21.1 Å². The number of ether oxygens (including phenoxy) is 2. The molecule has 1 aliphatic rings. The van der Waals surface area contributed by atoms with Crippen molar-refractivity contribution >= 4 is 23.7 Å². The molecule has 8 nitrogen and oxygen atoms in total. The highest BCUT2D eigenvalue weighted by atomic mass is 35.5. The number of nitrogens with zero attached hydrogens (tertiary/aromatic N) is 4. The summed E-state index contributed by atoms with van der Waals surface area (Å²) >= 11 is 6.41. The zero-order valence-corrected chi connectivity index (χ0v) is 19.4. The molecule has 2 aromatic rings. The van der Waals surface area contributed by atoms with Crippen molar-refractivity contribution in [2.45, 2.75) is 58.6 Å². The molecule has 1 aliphatic heterocycles. The van der Waals surface area contributed by atoms with Crippen molar-refractivity contribution in [3.05, 3.63) is 34.6 Å². The van der Waals surface area contributed by atoms with E-state index in [2.05, 4.69) is 10.1 Å². The van der Waals surface area contributed by atoms with Crippen LogP contribution in [-0.4, -0.2) is 57.5 Å². The van der Waals surface area contributed by atoms with Crippen LogP contribution in [0.25, 0.3) is 11.4 Å². The number of aromatic nitrogens is 3. The number of aryl methyl sites for hydroxylation is 1. The average Bonchev–Trinajstić information content (AvgIpc) is 3.10. The molecule has 0 aliphatic carbocycles. The number of hydrogen-bond donors (Lipinski definition) is 0. The van der Waals surface area contributed by atoms with Crippen molar-refractivity contribution < 1.29 is 19.1 Å². The van der Waals surface area contributed by atoms with E-state index in [0.29, 0.717) is 29.5 Å². The molecular formula is C22H29ClN4O4. The second-order valence-electron chi connectivity index (χ2n) is 8.68. The van der Waals surface area contributed by atoms with E-state index < -0.39 is 5.60 Å². The molecule has 0 bridgehead atoms. The van der Waals surface area contributed by atoms with Gasteiger partial charge in [0.1, 0.15) is 11.4 Å². The van der Waals surface area contributed by atoms with Crippen molar-refractivity contribution in [2.75, 3.05) is 20.2 Å². The van der Waals surface area contributed by atoms with Gasteiger partial charge in [-0.2, -0.15) is 5.10 Å². The lowest BCUT2D eigenvalue weighted by Gasteiger charge is -2.33. The number of carbonyl (C=O) groups is 2. The van der Waals surface area contributed by atoms with E-state index in [-0.39, 0.29) is 24.5 Å². The van der Waals surface area contributed by atoms with Gasteiger partial charge in [0.2, 0.25) is 0 Å². The Bertz CT molecular complexity index is 959. The highest BCUT2D eigenvalue weighted by Gasteiger charge is 2.29. The van der Waals surface area contributed by atoms with Crippen LogP contribution in [0.4, 0.5) is 4.79 Å². The van der Waals surface area contributed by atoms with Gasteiger partial charge in [-0.25, -0.2) is 14.5 Å². The molecule has 0 unspecified atom stereocenters. The quantitative estimate of drug-likeness (QED) is 0.651. The maximum atomic E-state index is 12.3. The highest BCUT2D eigenvalue weighted by Crippen LogP contribution is 2.30. The third-order valence-corrected chi connectivity index (χ3v) is 5.42. The van der Waals surface area contributed by atoms with Gasteiger partial charge in [-0.3, -0.25) is 4.79 Å². The zero-order valence-electron chi connectivity index (χ0n) is 18.6. The lowest BCUT2D eigenvalue weighted by Crippen LogP contribution is -2.42. The van der Waals surface area contributed by atoms with E-state index in [1.807, 2.05) is 44.5 Å². The van der Waals surface area contributed by atoms with Crippen molar-refractivity contribution in [3.8, 4) is 11.4 Å². The first-order chi connectivity index (χ1) is 14.6. The molecule has 1 amide bonds. The average molecular weight is 449 g/mol. The molecule has 0 N–H and O–H groups in total. The minimum Gasteiger partial charge on any atom is -0.469 e. The van der Waals surface area contributed by atoms with Crippen LogP contribution < -0.4 is 0 Å². The molecule has 31 heavy (non-hydrogen) atoms. The SMILES string of the molecule is COC(=O)Cc1ccc(-c2nc(C)nn2C2CCN(C(=O)OC(C)(C)C)CC2)cc1Cl. The van der Waals surface area contributed by atoms with E-state index in [9.17, 15) is 9.59 Å². The number of hydrogen-bond acceptors (Lipinski definition) is 6. The lowest BCUT2D eigenvalue weighted by molar-refractivity contribution is -0.139. The first-order valence-electron chi connectivity index (χ1n) is 10.3. The van der Waals surface area contributed by atoms with Gasteiger partial charge in [-0.1, -0.05) is 23.7 Å². The normalized spacial score (nSPS) is 15.1. The summed E-state index contributed by atoms with van der Waals surface area (Å²) in [4.78, 5) is 30.2. The predicted molar refractivity (Wildman–Crippen MR) is 117 cm³/mol. The Balaban J connectivity index is 1.75. The number of piperidine rings is 1. The van der Waals surface area contributed by atoms with Gasteiger partial charge in [-0.15, -0.1) is 0 Å². The fraction of sp³-hybridized carbons (Fsp3) is 0.545. The number of benzene rings is 1. The van der Waals surface area contributed by atoms with Crippen LogP contribution in [0.15, 0.2) is 18.2 Å². The molecule has 1 aromatic heterocycles. The van der Waals surface area contributed by atoms with Crippen molar-refractivity contribution in [2.24, 2.45) is 0 Å². The first-order valence-corrected chi connectivity index (χ1v) is 10.7. The van der Waals surface area contributed by atoms with E-state index >= 15 is 0 Å². The molecule has 9 heteroatoms. The maximum absolute atomic E-state index is 12.3. The predicted octanol–water partition coefficient (Wildman–Crippen LogP) is 4.19. The fourth-order valence-corrected chi connectivity index (χ4v) is 3.81. The van der Waals surface area contributed by atoms with Crippen molar-refractivity contribution in [1.29, 1.82) is 0 Å². The molecule has 0 spiro atoms. The Morgan fingerprint density at radius 3 is 2.48 bits per heavy atom. The largest absolute Gasteiger partial charge is 0.469 e. The van der Waals surface area contributed by atoms with E-state index in [1.165, 1.54) is 7.11 Å². The summed E-state index contributed by atoms with van der Waals surface area (Å²) in [7, 11) is 1.35. The standard InChI is InChI=1S/C22H29ClN4O4/c1-14-24-20(16-7-6-15(18(23)12-16)13-19(28)30-5)27(25-14)17-8-10-26(11-9-17)21(29)31-22(2,3)4/h6-7,12,17H,8-11,13H2,1-5H3. The summed E-state index contributed by atoms with van der Waals surface area (Å²) < 4.78 is 12.1. The van der Waals surface area contributed by atoms with Crippen LogP contribution in [0.3, 0.4) is 0 Å². The van der Waals surface area contributed by atoms with Crippen LogP contribution in [0.5, 0.6) is 0 Å². The Morgan fingerprint density at radius 2 is 1.90 bits per heavy atom. The van der Waals surface area contributed by atoms with Crippen LogP contribution in [0.2, 0.25) is 5.02 Å². The van der Waals surface area contributed by atoms with Gasteiger partial charge in [0.05, 0.1) is 19.6 Å². The Morgan fingerprint density at radius 1 is 1.23 bits per heavy atom. The van der Waals surface area contributed by atoms with E-state index in [1.54, 1.807) is 11.0 Å². The summed E-state index contributed by atoms with van der Waals surface area (Å²) in [6.45, 7) is 8.63. The second kappa shape index (κ2) is 9.26. The summed E-state index contributed by atoms with van der Waals surface area (Å²) in [6.07, 6.45) is 1.34. The van der Waals surface area contributed by atoms with Gasteiger partial charge in [0.15, 0.2) is 5.82 Å². The number of halogens is 1. The minimum atomic E-state index is -0.511. The van der Waals surface area contributed by atoms with Crippen LogP contribution >= 0.6 is 11.6 Å². The molecular weight excluding hydrogens is 420 g/mol. The smallest absolute Gasteiger partial charge is 0.410 e. The molecule has 3 rings (SSSR count). The molecule has 0 atom stereocenters. The van der Waals surface area contributed by atoms with Crippen LogP contribution in [0.1, 0.15) is 51.0 Å². The summed E-state index contributed by atoms with van der Waals surface area (Å²) in [5.41, 5.74) is 1.02. The number of amides is 1. The zero-order chi connectivity index (χ0) is 22.8. The van der Waals surface area contributed by atoms with Gasteiger partial charge >= 0.3 is 12.1 Å². The van der Waals surface area contributed by atoms with Crippen LogP contribution in [-0.2, 0) is 20.7 Å². The van der Waals surface area contributed by atoms with Gasteiger partial charge < -0.3 is 14.4 Å². The van der Waals surface area contributed by atoms with Gasteiger partial charge in [0.25, 0.3) is 0 Å². The van der Waals surface area contributed by atoms with Crippen molar-refractivity contribution in [3.63, 3.8) is 0 Å². The van der Waals surface area contributed by atoms with Gasteiger partial charge in [-0.05, 0) is 52.2 Å². The molecule has 168 valence electrons. The first kappa shape index (κ1) is 23.1. The Hall–Kier alpha value is -2.61. The summed E-state index contributed by atoms with van der Waals surface area (Å²) in [5.74, 6) is 1.05. The van der Waals surface area contributed by atoms with E-state index in [0.717, 1.165) is 24.2 Å². The third-order valence-electron chi connectivity index (χ3n) is 5.07. The Labute approximate surface area is 187 Å². The van der Waals surface area contributed by atoms with Gasteiger partial charge in [0, 0.05) is 23.7 Å². The summed E-state index contributed by atoms with van der Waals surface area (Å²) in [5, 5.41) is 5.09. The number of likely N-dealkylation sites (tertiary alicyclic amines) is 1. The molecule has 1 aromatic carbocycles. The number of carbonyl (C=O) groups excluding carboxylic acids is 2. The fourth-order valence-electron chi connectivity index (χ4n) is 3.56. The number of esters is 1. The maximum Gasteiger partial charge on any atom is 0.410 e. The molecule has 0 saturated carbocycles. The molecule has 1 saturated heterocycles. The molecule has 2 heterocycles. The minimum absolute atomic E-state index is 0.114. The van der Waals surface area contributed by atoms with Crippen LogP contribution in [0, 0.1) is 6.92 Å². The highest BCUT2D eigenvalue weighted by molar-refractivity contribution is 6.31. The molecule has 1 fully saturated rings. The lowest BCUT2D eigenvalue weighted by atomic mass is 10.0.